The fourth-order valence-corrected chi connectivity index (χ4v) is 6.11. The lowest BCUT2D eigenvalue weighted by Crippen LogP contribution is -2.15. The third kappa shape index (κ3) is 14.5. The van der Waals surface area contributed by atoms with Crippen LogP contribution in [0.3, 0.4) is 0 Å². The van der Waals surface area contributed by atoms with Crippen molar-refractivity contribution >= 4 is 5.97 Å². The van der Waals surface area contributed by atoms with E-state index in [1.165, 1.54) is 83.1 Å². The average molecular weight is 595 g/mol. The van der Waals surface area contributed by atoms with Crippen molar-refractivity contribution in [3.05, 3.63) is 72.1 Å². The van der Waals surface area contributed by atoms with Crippen molar-refractivity contribution in [3.8, 4) is 11.5 Å². The molecule has 2 aromatic carbocycles. The third-order valence-corrected chi connectivity index (χ3v) is 8.79. The molecular weight excluding hydrogens is 539 g/mol. The topological polar surface area (TPSA) is 44.8 Å². The van der Waals surface area contributed by atoms with Crippen LogP contribution in [0.4, 0.5) is 4.39 Å². The number of hydrogen-bond acceptors (Lipinski definition) is 4. The lowest BCUT2D eigenvalue weighted by Gasteiger charge is -2.28. The van der Waals surface area contributed by atoms with Crippen LogP contribution in [0.15, 0.2) is 55.1 Å². The Morgan fingerprint density at radius 1 is 0.791 bits per heavy atom. The first-order valence-corrected chi connectivity index (χ1v) is 17.0. The van der Waals surface area contributed by atoms with Gasteiger partial charge in [0.25, 0.3) is 0 Å². The van der Waals surface area contributed by atoms with Crippen LogP contribution in [0.5, 0.6) is 11.5 Å². The van der Waals surface area contributed by atoms with Gasteiger partial charge in [0, 0.05) is 6.08 Å². The first kappa shape index (κ1) is 34.7. The summed E-state index contributed by atoms with van der Waals surface area (Å²) in [5, 5.41) is 0. The van der Waals surface area contributed by atoms with Crippen LogP contribution in [-0.4, -0.2) is 19.2 Å². The highest BCUT2D eigenvalue weighted by atomic mass is 19.1. The molecule has 5 heteroatoms. The SMILES string of the molecule is C=CC(=O)OCCCCCCCCCCCOc1ccc(COc2ccc(CCC3CCC(CCC)CC3)cc2F)cc1. The number of carbonyl (C=O) groups excluding carboxylic acids is 1. The lowest BCUT2D eigenvalue weighted by atomic mass is 9.78. The van der Waals surface area contributed by atoms with Crippen LogP contribution in [0.1, 0.15) is 121 Å². The van der Waals surface area contributed by atoms with Gasteiger partial charge in [-0.2, -0.15) is 0 Å². The molecule has 0 spiro atoms. The van der Waals surface area contributed by atoms with Gasteiger partial charge >= 0.3 is 5.97 Å². The van der Waals surface area contributed by atoms with Gasteiger partial charge in [0.15, 0.2) is 11.6 Å². The molecule has 0 N–H and O–H groups in total. The number of ether oxygens (including phenoxy) is 3. The summed E-state index contributed by atoms with van der Waals surface area (Å²) < 4.78 is 31.4. The van der Waals surface area contributed by atoms with Gasteiger partial charge in [0.2, 0.25) is 0 Å². The summed E-state index contributed by atoms with van der Waals surface area (Å²) in [5.74, 6) is 2.29. The van der Waals surface area contributed by atoms with Gasteiger partial charge < -0.3 is 14.2 Å². The summed E-state index contributed by atoms with van der Waals surface area (Å²) in [4.78, 5) is 11.0. The smallest absolute Gasteiger partial charge is 0.330 e. The third-order valence-electron chi connectivity index (χ3n) is 8.79. The molecule has 1 fully saturated rings. The predicted molar refractivity (Wildman–Crippen MR) is 174 cm³/mol. The van der Waals surface area contributed by atoms with Crippen LogP contribution in [0.25, 0.3) is 0 Å². The number of carbonyl (C=O) groups is 1. The number of hydrogen-bond donors (Lipinski definition) is 0. The predicted octanol–water partition coefficient (Wildman–Crippen LogP) is 10.6. The quantitative estimate of drug-likeness (QED) is 0.0773. The van der Waals surface area contributed by atoms with E-state index in [2.05, 4.69) is 13.5 Å². The normalized spacial score (nSPS) is 16.5. The molecule has 0 aromatic heterocycles. The monoisotopic (exact) mass is 594 g/mol. The second kappa shape index (κ2) is 21.0. The van der Waals surface area contributed by atoms with Crippen molar-refractivity contribution in [2.45, 2.75) is 123 Å². The zero-order chi connectivity index (χ0) is 30.5. The van der Waals surface area contributed by atoms with Crippen molar-refractivity contribution in [3.63, 3.8) is 0 Å². The molecule has 0 saturated heterocycles. The Kier molecular flexibility index (Phi) is 16.9. The lowest BCUT2D eigenvalue weighted by molar-refractivity contribution is -0.137. The average Bonchev–Trinajstić information content (AvgIpc) is 3.03. The summed E-state index contributed by atoms with van der Waals surface area (Å²) >= 11 is 0. The molecule has 1 aliphatic rings. The first-order valence-electron chi connectivity index (χ1n) is 17.0. The van der Waals surface area contributed by atoms with Crippen LogP contribution in [0.2, 0.25) is 0 Å². The van der Waals surface area contributed by atoms with Gasteiger partial charge in [0.1, 0.15) is 12.4 Å². The second-order valence-electron chi connectivity index (χ2n) is 12.3. The van der Waals surface area contributed by atoms with E-state index in [1.54, 1.807) is 12.1 Å². The van der Waals surface area contributed by atoms with Crippen LogP contribution < -0.4 is 9.47 Å². The summed E-state index contributed by atoms with van der Waals surface area (Å²) in [6, 6.07) is 13.4. The molecule has 0 radical (unpaired) electrons. The van der Waals surface area contributed by atoms with E-state index in [9.17, 15) is 9.18 Å². The Hall–Kier alpha value is -2.82. The largest absolute Gasteiger partial charge is 0.494 e. The highest BCUT2D eigenvalue weighted by molar-refractivity contribution is 5.81. The molecule has 1 aliphatic carbocycles. The summed E-state index contributed by atoms with van der Waals surface area (Å²) in [5.41, 5.74) is 2.06. The maximum atomic E-state index is 14.7. The zero-order valence-electron chi connectivity index (χ0n) is 26.6. The van der Waals surface area contributed by atoms with Crippen LogP contribution in [0, 0.1) is 17.7 Å². The van der Waals surface area contributed by atoms with E-state index < -0.39 is 0 Å². The Morgan fingerprint density at radius 3 is 1.98 bits per heavy atom. The Labute approximate surface area is 260 Å². The Morgan fingerprint density at radius 2 is 1.37 bits per heavy atom. The number of halogens is 1. The minimum atomic E-state index is -0.333. The van der Waals surface area contributed by atoms with Crippen molar-refractivity contribution < 1.29 is 23.4 Å². The summed E-state index contributed by atoms with van der Waals surface area (Å²) in [6.45, 7) is 7.23. The summed E-state index contributed by atoms with van der Waals surface area (Å²) in [6.07, 6.45) is 21.8. The number of unbranched alkanes of at least 4 members (excludes halogenated alkanes) is 8. The van der Waals surface area contributed by atoms with Gasteiger partial charge in [-0.1, -0.05) is 115 Å². The number of aryl methyl sites for hydroxylation is 1. The molecule has 0 aliphatic heterocycles. The van der Waals surface area contributed by atoms with Crippen molar-refractivity contribution in [1.82, 2.24) is 0 Å². The highest BCUT2D eigenvalue weighted by Gasteiger charge is 2.20. The molecule has 0 atom stereocenters. The second-order valence-corrected chi connectivity index (χ2v) is 12.3. The van der Waals surface area contributed by atoms with E-state index in [4.69, 9.17) is 14.2 Å². The molecule has 43 heavy (non-hydrogen) atoms. The molecule has 0 unspecified atom stereocenters. The van der Waals surface area contributed by atoms with E-state index in [1.807, 2.05) is 30.3 Å². The number of rotatable bonds is 22. The zero-order valence-corrected chi connectivity index (χ0v) is 26.6. The van der Waals surface area contributed by atoms with Crippen molar-refractivity contribution in [1.29, 1.82) is 0 Å². The Balaban J connectivity index is 1.21. The van der Waals surface area contributed by atoms with Gasteiger partial charge in [-0.05, 0) is 72.9 Å². The molecular formula is C38H55FO4. The molecule has 0 amide bonds. The van der Waals surface area contributed by atoms with Gasteiger partial charge in [-0.25, -0.2) is 9.18 Å². The minimum Gasteiger partial charge on any atom is -0.494 e. The van der Waals surface area contributed by atoms with Gasteiger partial charge in [-0.15, -0.1) is 0 Å². The highest BCUT2D eigenvalue weighted by Crippen LogP contribution is 2.34. The molecule has 238 valence electrons. The molecule has 2 aromatic rings. The molecule has 1 saturated carbocycles. The maximum absolute atomic E-state index is 14.7. The van der Waals surface area contributed by atoms with E-state index in [-0.39, 0.29) is 11.8 Å². The van der Waals surface area contributed by atoms with Gasteiger partial charge in [-0.3, -0.25) is 0 Å². The molecule has 3 rings (SSSR count). The first-order chi connectivity index (χ1) is 21.1. The minimum absolute atomic E-state index is 0.271. The standard InChI is InChI=1S/C38H55FO4/c1-3-14-31-15-17-32(18-16-31)19-20-33-23-26-37(36(39)29-33)43-30-34-21-24-35(25-22-34)41-27-12-10-8-6-5-7-9-11-13-28-42-38(40)4-2/h4,21-26,29,31-32H,2-3,5-20,27-28,30H2,1H3. The number of esters is 1. The fraction of sp³-hybridized carbons (Fsp3) is 0.605. The number of benzene rings is 2. The fourth-order valence-electron chi connectivity index (χ4n) is 6.11. The van der Waals surface area contributed by atoms with Crippen molar-refractivity contribution in [2.75, 3.05) is 13.2 Å². The molecule has 0 heterocycles. The summed E-state index contributed by atoms with van der Waals surface area (Å²) in [7, 11) is 0. The van der Waals surface area contributed by atoms with Gasteiger partial charge in [0.05, 0.1) is 13.2 Å². The van der Waals surface area contributed by atoms with Crippen molar-refractivity contribution in [2.24, 2.45) is 11.8 Å². The van der Waals surface area contributed by atoms with E-state index in [0.717, 1.165) is 67.4 Å². The van der Waals surface area contributed by atoms with E-state index >= 15 is 0 Å². The Bertz CT molecular complexity index is 1040. The van der Waals surface area contributed by atoms with Crippen LogP contribution in [-0.2, 0) is 22.6 Å². The molecule has 0 bridgehead atoms. The van der Waals surface area contributed by atoms with E-state index in [0.29, 0.717) is 19.0 Å². The van der Waals surface area contributed by atoms with Crippen LogP contribution >= 0.6 is 0 Å². The maximum Gasteiger partial charge on any atom is 0.330 e. The molecule has 4 nitrogen and oxygen atoms in total.